The van der Waals surface area contributed by atoms with E-state index in [9.17, 15) is 18.0 Å². The molecular formula is C11H17N3O6S. The summed E-state index contributed by atoms with van der Waals surface area (Å²) < 4.78 is 32.6. The monoisotopic (exact) mass is 319 g/mol. The normalized spacial score (nSPS) is 11.2. The van der Waals surface area contributed by atoms with E-state index in [2.05, 4.69) is 14.6 Å². The maximum Gasteiger partial charge on any atom is 0.343 e. The zero-order valence-electron chi connectivity index (χ0n) is 12.0. The highest BCUT2D eigenvalue weighted by Gasteiger charge is 2.22. The molecule has 1 N–H and O–H groups in total. The first-order valence-corrected chi connectivity index (χ1v) is 7.91. The van der Waals surface area contributed by atoms with Crippen LogP contribution in [0.5, 0.6) is 0 Å². The third-order valence-electron chi connectivity index (χ3n) is 2.40. The second-order valence-electron chi connectivity index (χ2n) is 4.04. The molecule has 1 heterocycles. The van der Waals surface area contributed by atoms with Crippen molar-refractivity contribution in [2.24, 2.45) is 0 Å². The molecule has 0 aliphatic carbocycles. The van der Waals surface area contributed by atoms with Gasteiger partial charge < -0.3 is 10.1 Å². The average molecular weight is 319 g/mol. The van der Waals surface area contributed by atoms with E-state index < -0.39 is 16.1 Å². The van der Waals surface area contributed by atoms with Crippen LogP contribution in [0.4, 0.5) is 5.82 Å². The van der Waals surface area contributed by atoms with E-state index in [-0.39, 0.29) is 31.1 Å². The summed E-state index contributed by atoms with van der Waals surface area (Å²) in [4.78, 5) is 22.5. The molecule has 0 atom stereocenters. The Morgan fingerprint density at radius 3 is 2.67 bits per heavy atom. The number of aryl methyl sites for hydroxylation is 1. The fraction of sp³-hybridized carbons (Fsp3) is 0.545. The third kappa shape index (κ3) is 4.83. The number of anilines is 1. The Hall–Kier alpha value is -1.94. The fourth-order valence-electron chi connectivity index (χ4n) is 1.67. The van der Waals surface area contributed by atoms with Crippen LogP contribution in [-0.2, 0) is 30.4 Å². The van der Waals surface area contributed by atoms with E-state index >= 15 is 0 Å². The number of rotatable bonds is 8. The van der Waals surface area contributed by atoms with Crippen LogP contribution in [0.15, 0.2) is 0 Å². The van der Waals surface area contributed by atoms with Crippen molar-refractivity contribution in [2.75, 3.05) is 24.8 Å². The molecule has 10 heteroatoms. The molecule has 0 bridgehead atoms. The lowest BCUT2D eigenvalue weighted by molar-refractivity contribution is -0.105. The molecule has 0 saturated heterocycles. The van der Waals surface area contributed by atoms with Gasteiger partial charge in [-0.3, -0.25) is 8.98 Å². The molecule has 21 heavy (non-hydrogen) atoms. The number of carbonyl (C=O) groups is 2. The van der Waals surface area contributed by atoms with E-state index in [1.54, 1.807) is 13.8 Å². The Balaban J connectivity index is 3.01. The van der Waals surface area contributed by atoms with Gasteiger partial charge in [0.2, 0.25) is 6.41 Å². The molecule has 0 aliphatic heterocycles. The van der Waals surface area contributed by atoms with Crippen LogP contribution in [0.25, 0.3) is 0 Å². The Bertz CT molecular complexity index is 622. The minimum Gasteiger partial charge on any atom is -0.462 e. The third-order valence-corrected chi connectivity index (χ3v) is 3.00. The number of amides is 1. The van der Waals surface area contributed by atoms with Crippen LogP contribution in [0, 0.1) is 6.92 Å². The topological polar surface area (TPSA) is 117 Å². The van der Waals surface area contributed by atoms with Crippen molar-refractivity contribution >= 4 is 28.3 Å². The van der Waals surface area contributed by atoms with E-state index in [1.165, 1.54) is 4.68 Å². The van der Waals surface area contributed by atoms with Gasteiger partial charge in [-0.25, -0.2) is 9.48 Å². The Morgan fingerprint density at radius 2 is 2.14 bits per heavy atom. The Morgan fingerprint density at radius 1 is 1.48 bits per heavy atom. The summed E-state index contributed by atoms with van der Waals surface area (Å²) in [6.45, 7) is 3.29. The average Bonchev–Trinajstić information content (AvgIpc) is 2.65. The van der Waals surface area contributed by atoms with Gasteiger partial charge >= 0.3 is 5.97 Å². The summed E-state index contributed by atoms with van der Waals surface area (Å²) in [6.07, 6.45) is 1.32. The number of nitrogens with zero attached hydrogens (tertiary/aromatic N) is 2. The maximum atomic E-state index is 11.8. The van der Waals surface area contributed by atoms with Gasteiger partial charge in [-0.1, -0.05) is 0 Å². The van der Waals surface area contributed by atoms with Crippen LogP contribution in [0.2, 0.25) is 0 Å². The lowest BCUT2D eigenvalue weighted by Crippen LogP contribution is -2.15. The van der Waals surface area contributed by atoms with Gasteiger partial charge in [-0.05, 0) is 13.8 Å². The van der Waals surface area contributed by atoms with Crippen molar-refractivity contribution in [3.05, 3.63) is 11.3 Å². The van der Waals surface area contributed by atoms with Gasteiger partial charge in [0.1, 0.15) is 11.4 Å². The molecule has 1 aromatic rings. The second-order valence-corrected chi connectivity index (χ2v) is 5.68. The Labute approximate surface area is 122 Å². The smallest absolute Gasteiger partial charge is 0.343 e. The molecule has 118 valence electrons. The van der Waals surface area contributed by atoms with Crippen molar-refractivity contribution in [2.45, 2.75) is 20.4 Å². The fourth-order valence-corrected chi connectivity index (χ4v) is 2.05. The highest BCUT2D eigenvalue weighted by Crippen LogP contribution is 2.20. The molecule has 0 unspecified atom stereocenters. The van der Waals surface area contributed by atoms with Gasteiger partial charge in [0.15, 0.2) is 0 Å². The van der Waals surface area contributed by atoms with Gasteiger partial charge in [0.25, 0.3) is 10.1 Å². The number of ether oxygens (including phenoxy) is 1. The summed E-state index contributed by atoms with van der Waals surface area (Å²) in [5.74, 6) is -0.479. The van der Waals surface area contributed by atoms with Crippen molar-refractivity contribution < 1.29 is 26.9 Å². The molecule has 0 radical (unpaired) electrons. The van der Waals surface area contributed by atoms with Gasteiger partial charge in [0.05, 0.1) is 31.7 Å². The molecule has 1 aromatic heterocycles. The largest absolute Gasteiger partial charge is 0.462 e. The first-order valence-electron chi connectivity index (χ1n) is 6.09. The minimum atomic E-state index is -3.57. The standard InChI is InChI=1S/C11H17N3O6S/c1-4-19-11(16)9-8(2)13-14(10(9)12-7-15)5-6-20-21(3,17)18/h7H,4-6H2,1-3H3,(H,12,15). The number of hydrogen-bond acceptors (Lipinski definition) is 7. The summed E-state index contributed by atoms with van der Waals surface area (Å²) in [5.41, 5.74) is 0.487. The van der Waals surface area contributed by atoms with Crippen molar-refractivity contribution in [1.29, 1.82) is 0 Å². The maximum absolute atomic E-state index is 11.8. The van der Waals surface area contributed by atoms with Crippen LogP contribution >= 0.6 is 0 Å². The SMILES string of the molecule is CCOC(=O)c1c(C)nn(CCOS(C)(=O)=O)c1NC=O. The van der Waals surface area contributed by atoms with Gasteiger partial charge in [0, 0.05) is 0 Å². The molecule has 1 rings (SSSR count). The molecule has 0 saturated carbocycles. The number of nitrogens with one attached hydrogen (secondary N) is 1. The first-order chi connectivity index (χ1) is 9.80. The molecule has 0 spiro atoms. The predicted octanol–water partition coefficient (Wildman–Crippen LogP) is -0.0873. The first kappa shape index (κ1) is 17.1. The highest BCUT2D eigenvalue weighted by molar-refractivity contribution is 7.85. The molecule has 0 aromatic carbocycles. The van der Waals surface area contributed by atoms with Crippen molar-refractivity contribution in [3.63, 3.8) is 0 Å². The summed E-state index contributed by atoms with van der Waals surface area (Å²) >= 11 is 0. The number of hydrogen-bond donors (Lipinski definition) is 1. The highest BCUT2D eigenvalue weighted by atomic mass is 32.2. The van der Waals surface area contributed by atoms with E-state index in [0.29, 0.717) is 12.1 Å². The van der Waals surface area contributed by atoms with Crippen molar-refractivity contribution in [1.82, 2.24) is 9.78 Å². The second kappa shape index (κ2) is 7.18. The molecule has 0 aliphatic rings. The minimum absolute atomic E-state index is 0.0451. The molecule has 1 amide bonds. The zero-order valence-corrected chi connectivity index (χ0v) is 12.8. The summed E-state index contributed by atoms with van der Waals surface area (Å²) in [6, 6.07) is 0. The van der Waals surface area contributed by atoms with E-state index in [1.807, 2.05) is 0 Å². The summed E-state index contributed by atoms with van der Waals surface area (Å²) in [7, 11) is -3.57. The van der Waals surface area contributed by atoms with Crippen LogP contribution in [-0.4, -0.2) is 50.0 Å². The van der Waals surface area contributed by atoms with Crippen LogP contribution in [0.1, 0.15) is 23.0 Å². The Kier molecular flexibility index (Phi) is 5.85. The zero-order chi connectivity index (χ0) is 16.0. The lowest BCUT2D eigenvalue weighted by atomic mass is 10.2. The van der Waals surface area contributed by atoms with E-state index in [4.69, 9.17) is 4.74 Å². The quantitative estimate of drug-likeness (QED) is 0.404. The van der Waals surface area contributed by atoms with E-state index in [0.717, 1.165) is 6.26 Å². The van der Waals surface area contributed by atoms with Gasteiger partial charge in [-0.2, -0.15) is 13.5 Å². The molecule has 9 nitrogen and oxygen atoms in total. The lowest BCUT2D eigenvalue weighted by Gasteiger charge is -2.08. The molecular weight excluding hydrogens is 302 g/mol. The number of esters is 1. The van der Waals surface area contributed by atoms with Crippen LogP contribution < -0.4 is 5.32 Å². The molecule has 0 fully saturated rings. The predicted molar refractivity (Wildman–Crippen MR) is 73.4 cm³/mol. The number of aromatic nitrogens is 2. The van der Waals surface area contributed by atoms with Crippen molar-refractivity contribution in [3.8, 4) is 0 Å². The summed E-state index contributed by atoms with van der Waals surface area (Å²) in [5, 5.41) is 6.44. The van der Waals surface area contributed by atoms with Gasteiger partial charge in [-0.15, -0.1) is 0 Å². The van der Waals surface area contributed by atoms with Crippen LogP contribution in [0.3, 0.4) is 0 Å². The number of carbonyl (C=O) groups excluding carboxylic acids is 2.